The summed E-state index contributed by atoms with van der Waals surface area (Å²) in [5.74, 6) is 1.40. The Hall–Kier alpha value is -4.79. The fourth-order valence-electron chi connectivity index (χ4n) is 5.44. The zero-order valence-corrected chi connectivity index (χ0v) is 21.9. The third kappa shape index (κ3) is 4.53. The number of nitrogens with zero attached hydrogens (tertiary/aromatic N) is 4. The minimum absolute atomic E-state index is 0.244. The molecular weight excluding hydrogens is 507 g/mol. The minimum atomic E-state index is -0.375. The average Bonchev–Trinajstić information content (AvgIpc) is 3.61. The molecule has 1 saturated carbocycles. The van der Waals surface area contributed by atoms with Crippen LogP contribution in [0.5, 0.6) is 11.5 Å². The van der Waals surface area contributed by atoms with Crippen LogP contribution in [0.3, 0.4) is 0 Å². The molecule has 4 aromatic heterocycles. The topological polar surface area (TPSA) is 102 Å². The molecule has 0 unspecified atom stereocenters. The summed E-state index contributed by atoms with van der Waals surface area (Å²) < 4.78 is 25.8. The first-order chi connectivity index (χ1) is 19.6. The molecule has 2 N–H and O–H groups in total. The van der Waals surface area contributed by atoms with Crippen molar-refractivity contribution < 1.29 is 13.9 Å². The lowest BCUT2D eigenvalue weighted by Gasteiger charge is -2.22. The zero-order valence-electron chi connectivity index (χ0n) is 21.9. The fraction of sp³-hybridized carbons (Fsp3) is 0.226. The predicted molar refractivity (Wildman–Crippen MR) is 152 cm³/mol. The third-order valence-corrected chi connectivity index (χ3v) is 7.43. The van der Waals surface area contributed by atoms with E-state index in [4.69, 9.17) is 19.4 Å². The van der Waals surface area contributed by atoms with Crippen LogP contribution in [0, 0.1) is 5.82 Å². The minimum Gasteiger partial charge on any atom is -0.497 e. The van der Waals surface area contributed by atoms with E-state index in [1.807, 2.05) is 36.4 Å². The lowest BCUT2D eigenvalue weighted by atomic mass is 9.98. The Balaban J connectivity index is 1.26. The molecular formula is C31H27FN6O2. The number of ether oxygens (including phenoxy) is 2. The van der Waals surface area contributed by atoms with Gasteiger partial charge in [0.1, 0.15) is 22.8 Å². The molecule has 7 rings (SSSR count). The van der Waals surface area contributed by atoms with Crippen LogP contribution >= 0.6 is 0 Å². The zero-order chi connectivity index (χ0) is 27.1. The number of benzene rings is 2. The number of hydrogen-bond donors (Lipinski definition) is 2. The number of pyridine rings is 2. The number of hydrogen-bond acceptors (Lipinski definition) is 6. The first-order valence-corrected chi connectivity index (χ1v) is 13.5. The molecule has 1 fully saturated rings. The Morgan fingerprint density at radius 1 is 0.850 bits per heavy atom. The summed E-state index contributed by atoms with van der Waals surface area (Å²) in [6, 6.07) is 16.3. The SMILES string of the molecule is COc1cc(F)cc(-c2cccc3[nH]c(-c4n[nH]c5ccc(-c6cncc(OC7CCCCC7)c6)nc45)nc23)c1. The molecule has 0 atom stereocenters. The molecule has 0 radical (unpaired) electrons. The molecule has 40 heavy (non-hydrogen) atoms. The summed E-state index contributed by atoms with van der Waals surface area (Å²) in [5, 5.41) is 7.60. The van der Waals surface area contributed by atoms with Crippen molar-refractivity contribution in [1.29, 1.82) is 0 Å². The molecule has 9 heteroatoms. The van der Waals surface area contributed by atoms with Gasteiger partial charge < -0.3 is 14.5 Å². The van der Waals surface area contributed by atoms with E-state index < -0.39 is 0 Å². The van der Waals surface area contributed by atoms with Gasteiger partial charge in [-0.15, -0.1) is 0 Å². The van der Waals surface area contributed by atoms with Crippen LogP contribution in [0.1, 0.15) is 32.1 Å². The molecule has 1 aliphatic carbocycles. The number of H-pyrrole nitrogens is 2. The summed E-state index contributed by atoms with van der Waals surface area (Å²) in [4.78, 5) is 17.6. The number of methoxy groups -OCH3 is 1. The van der Waals surface area contributed by atoms with Gasteiger partial charge in [0.15, 0.2) is 11.5 Å². The van der Waals surface area contributed by atoms with Gasteiger partial charge in [-0.1, -0.05) is 18.6 Å². The van der Waals surface area contributed by atoms with Gasteiger partial charge in [0, 0.05) is 23.4 Å². The van der Waals surface area contributed by atoms with Gasteiger partial charge in [-0.2, -0.15) is 5.10 Å². The van der Waals surface area contributed by atoms with E-state index in [0.717, 1.165) is 46.4 Å². The highest BCUT2D eigenvalue weighted by molar-refractivity contribution is 5.96. The van der Waals surface area contributed by atoms with Gasteiger partial charge in [-0.3, -0.25) is 10.1 Å². The summed E-state index contributed by atoms with van der Waals surface area (Å²) in [7, 11) is 1.52. The summed E-state index contributed by atoms with van der Waals surface area (Å²) in [5.41, 5.74) is 6.67. The van der Waals surface area contributed by atoms with Gasteiger partial charge in [-0.05, 0) is 67.6 Å². The molecule has 4 heterocycles. The van der Waals surface area contributed by atoms with Crippen LogP contribution in [0.15, 0.2) is 67.0 Å². The van der Waals surface area contributed by atoms with E-state index in [0.29, 0.717) is 33.9 Å². The number of aromatic amines is 2. The van der Waals surface area contributed by atoms with Crippen LogP contribution in [0.2, 0.25) is 0 Å². The van der Waals surface area contributed by atoms with E-state index in [2.05, 4.69) is 20.2 Å². The molecule has 2 aromatic carbocycles. The highest BCUT2D eigenvalue weighted by Gasteiger charge is 2.19. The molecule has 0 aliphatic heterocycles. The maximum absolute atomic E-state index is 14.3. The molecule has 6 aromatic rings. The molecule has 0 amide bonds. The average molecular weight is 535 g/mol. The van der Waals surface area contributed by atoms with Gasteiger partial charge in [0.2, 0.25) is 0 Å². The first-order valence-electron chi connectivity index (χ1n) is 13.5. The molecule has 0 bridgehead atoms. The molecule has 8 nitrogen and oxygen atoms in total. The van der Waals surface area contributed by atoms with Crippen molar-refractivity contribution in [2.24, 2.45) is 0 Å². The Morgan fingerprint density at radius 2 is 1.73 bits per heavy atom. The summed E-state index contributed by atoms with van der Waals surface area (Å²) in [6.45, 7) is 0. The number of aromatic nitrogens is 6. The smallest absolute Gasteiger partial charge is 0.161 e. The number of halogens is 1. The lowest BCUT2D eigenvalue weighted by molar-refractivity contribution is 0.154. The molecule has 0 spiro atoms. The van der Waals surface area contributed by atoms with Gasteiger partial charge in [0.25, 0.3) is 0 Å². The number of rotatable bonds is 6. The third-order valence-electron chi connectivity index (χ3n) is 7.43. The van der Waals surface area contributed by atoms with Gasteiger partial charge >= 0.3 is 0 Å². The number of para-hydroxylation sites is 1. The number of fused-ring (bicyclic) bond motifs is 2. The van der Waals surface area contributed by atoms with E-state index in [9.17, 15) is 4.39 Å². The Bertz CT molecular complexity index is 1840. The highest BCUT2D eigenvalue weighted by atomic mass is 19.1. The Labute approximate surface area is 229 Å². The maximum atomic E-state index is 14.3. The second kappa shape index (κ2) is 10.1. The second-order valence-electron chi connectivity index (χ2n) is 10.1. The normalized spacial score (nSPS) is 14.2. The van der Waals surface area contributed by atoms with Crippen molar-refractivity contribution in [3.63, 3.8) is 0 Å². The standard InChI is InChI=1S/C31H27FN6O2/c1-39-22-13-18(12-20(32)15-22)24-8-5-9-26-28(24)36-31(35-26)30-29-27(37-38-30)11-10-25(34-29)19-14-23(17-33-16-19)40-21-6-3-2-4-7-21/h5,8-17,21H,2-4,6-7H2,1H3,(H,35,36)(H,37,38). The summed E-state index contributed by atoms with van der Waals surface area (Å²) in [6.07, 6.45) is 9.66. The summed E-state index contributed by atoms with van der Waals surface area (Å²) >= 11 is 0. The van der Waals surface area contributed by atoms with Crippen molar-refractivity contribution in [2.75, 3.05) is 7.11 Å². The van der Waals surface area contributed by atoms with Crippen molar-refractivity contribution in [1.82, 2.24) is 30.1 Å². The van der Waals surface area contributed by atoms with Crippen LogP contribution in [0.4, 0.5) is 4.39 Å². The van der Waals surface area contributed by atoms with E-state index in [1.54, 1.807) is 18.5 Å². The van der Waals surface area contributed by atoms with Crippen LogP contribution < -0.4 is 9.47 Å². The van der Waals surface area contributed by atoms with E-state index in [1.165, 1.54) is 38.5 Å². The molecule has 0 saturated heterocycles. The lowest BCUT2D eigenvalue weighted by Crippen LogP contribution is -2.19. The van der Waals surface area contributed by atoms with Crippen molar-refractivity contribution in [2.45, 2.75) is 38.2 Å². The molecule has 200 valence electrons. The van der Waals surface area contributed by atoms with Crippen molar-refractivity contribution in [3.8, 4) is 45.4 Å². The van der Waals surface area contributed by atoms with Crippen LogP contribution in [-0.4, -0.2) is 43.3 Å². The molecule has 1 aliphatic rings. The second-order valence-corrected chi connectivity index (χ2v) is 10.1. The van der Waals surface area contributed by atoms with E-state index >= 15 is 0 Å². The monoisotopic (exact) mass is 534 g/mol. The van der Waals surface area contributed by atoms with Gasteiger partial charge in [0.05, 0.1) is 41.7 Å². The number of nitrogens with one attached hydrogen (secondary N) is 2. The Morgan fingerprint density at radius 3 is 2.60 bits per heavy atom. The van der Waals surface area contributed by atoms with Crippen LogP contribution in [-0.2, 0) is 0 Å². The van der Waals surface area contributed by atoms with Crippen LogP contribution in [0.25, 0.3) is 56.0 Å². The fourth-order valence-corrected chi connectivity index (χ4v) is 5.44. The number of imidazole rings is 1. The van der Waals surface area contributed by atoms with Crippen molar-refractivity contribution in [3.05, 3.63) is 72.8 Å². The largest absolute Gasteiger partial charge is 0.497 e. The maximum Gasteiger partial charge on any atom is 0.161 e. The predicted octanol–water partition coefficient (Wildman–Crippen LogP) is 7.09. The Kier molecular flexibility index (Phi) is 6.11. The van der Waals surface area contributed by atoms with Gasteiger partial charge in [-0.25, -0.2) is 14.4 Å². The highest BCUT2D eigenvalue weighted by Crippen LogP contribution is 2.34. The van der Waals surface area contributed by atoms with Crippen molar-refractivity contribution >= 4 is 22.1 Å². The van der Waals surface area contributed by atoms with E-state index in [-0.39, 0.29) is 11.9 Å². The first kappa shape index (κ1) is 24.3. The quantitative estimate of drug-likeness (QED) is 0.237.